The SMILES string of the molecule is CCCOCN(CCCC(=O)OC(=O)CCCN(C)c1cc(CCCC(=O)O)cc(Nc2c3ccccc3nc3ccccc23)c1)c1cc(Nc2c3ccccc3nc3ccccc23)cc(C(=O)O)c1.[NaH]. The zero-order valence-corrected chi connectivity index (χ0v) is 39.3. The molecule has 0 radical (unpaired) electrons. The predicted octanol–water partition coefficient (Wildman–Crippen LogP) is 11.0. The van der Waals surface area contributed by atoms with E-state index in [1.54, 1.807) is 12.1 Å². The van der Waals surface area contributed by atoms with Crippen LogP contribution in [0.1, 0.15) is 67.8 Å². The quantitative estimate of drug-likeness (QED) is 0.0119. The van der Waals surface area contributed by atoms with Crippen LogP contribution in [0.4, 0.5) is 34.1 Å². The van der Waals surface area contributed by atoms with Gasteiger partial charge in [0.25, 0.3) is 0 Å². The van der Waals surface area contributed by atoms with Crippen molar-refractivity contribution in [1.29, 1.82) is 0 Å². The van der Waals surface area contributed by atoms with E-state index in [1.165, 1.54) is 0 Å². The van der Waals surface area contributed by atoms with Gasteiger partial charge in [-0.15, -0.1) is 0 Å². The number of benzene rings is 6. The number of hydrogen-bond acceptors (Lipinski definition) is 12. The second-order valence-corrected chi connectivity index (χ2v) is 17.3. The Morgan fingerprint density at radius 2 is 1.08 bits per heavy atom. The summed E-state index contributed by atoms with van der Waals surface area (Å²) >= 11 is 0. The van der Waals surface area contributed by atoms with E-state index in [-0.39, 0.29) is 61.1 Å². The Morgan fingerprint density at radius 3 is 1.59 bits per heavy atom. The monoisotopic (exact) mass is 964 g/mol. The molecular formula is C56H57N6NaO8. The molecule has 0 aliphatic heterocycles. The van der Waals surface area contributed by atoms with Crippen LogP contribution in [-0.4, -0.2) is 107 Å². The first-order valence-electron chi connectivity index (χ1n) is 23.6. The van der Waals surface area contributed by atoms with Crippen molar-refractivity contribution in [3.63, 3.8) is 0 Å². The number of nitrogens with one attached hydrogen (secondary N) is 2. The van der Waals surface area contributed by atoms with Crippen LogP contribution in [0, 0.1) is 0 Å². The van der Waals surface area contributed by atoms with E-state index in [0.717, 1.165) is 78.3 Å². The summed E-state index contributed by atoms with van der Waals surface area (Å²) in [5, 5.41) is 30.4. The van der Waals surface area contributed by atoms with Gasteiger partial charge < -0.3 is 40.1 Å². The first kappa shape index (κ1) is 51.7. The first-order chi connectivity index (χ1) is 34.0. The van der Waals surface area contributed by atoms with Gasteiger partial charge in [-0.05, 0) is 98.3 Å². The molecule has 360 valence electrons. The topological polar surface area (TPSA) is 184 Å². The van der Waals surface area contributed by atoms with Crippen molar-refractivity contribution in [2.75, 3.05) is 53.9 Å². The zero-order valence-electron chi connectivity index (χ0n) is 39.3. The number of esters is 2. The molecule has 0 bridgehead atoms. The van der Waals surface area contributed by atoms with Gasteiger partial charge in [-0.1, -0.05) is 79.7 Å². The number of carboxylic acid groups (broad SMARTS) is 2. The van der Waals surface area contributed by atoms with Crippen LogP contribution in [0.25, 0.3) is 43.6 Å². The minimum atomic E-state index is -1.09. The number of para-hydroxylation sites is 4. The second-order valence-electron chi connectivity index (χ2n) is 17.3. The fraction of sp³-hybridized carbons (Fsp3) is 0.250. The number of ether oxygens (including phenoxy) is 2. The van der Waals surface area contributed by atoms with E-state index in [2.05, 4.69) is 10.6 Å². The minimum absolute atomic E-state index is 0. The Hall–Kier alpha value is -7.10. The maximum absolute atomic E-state index is 13.0. The van der Waals surface area contributed by atoms with Crippen LogP contribution >= 0.6 is 0 Å². The summed E-state index contributed by atoms with van der Waals surface area (Å²) in [7, 11) is 1.93. The third-order valence-corrected chi connectivity index (χ3v) is 12.0. The van der Waals surface area contributed by atoms with Crippen LogP contribution in [0.2, 0.25) is 0 Å². The van der Waals surface area contributed by atoms with E-state index < -0.39 is 23.9 Å². The van der Waals surface area contributed by atoms with Gasteiger partial charge in [-0.3, -0.25) is 14.4 Å². The summed E-state index contributed by atoms with van der Waals surface area (Å²) in [5.41, 5.74) is 8.93. The third-order valence-electron chi connectivity index (χ3n) is 12.0. The van der Waals surface area contributed by atoms with Crippen LogP contribution in [0.15, 0.2) is 133 Å². The number of aromatic nitrogens is 2. The van der Waals surface area contributed by atoms with Crippen molar-refractivity contribution in [3.05, 3.63) is 145 Å². The Balaban J connectivity index is 0.00000741. The van der Waals surface area contributed by atoms with Crippen LogP contribution in [0.5, 0.6) is 0 Å². The number of aliphatic carboxylic acids is 1. The maximum atomic E-state index is 13.0. The first-order valence-corrected chi connectivity index (χ1v) is 23.6. The molecule has 0 aliphatic carbocycles. The van der Waals surface area contributed by atoms with E-state index in [0.29, 0.717) is 56.8 Å². The number of fused-ring (bicyclic) bond motifs is 4. The summed E-state index contributed by atoms with van der Waals surface area (Å²) in [4.78, 5) is 63.5. The van der Waals surface area contributed by atoms with Crippen molar-refractivity contribution in [2.45, 2.75) is 58.3 Å². The summed E-state index contributed by atoms with van der Waals surface area (Å²) in [5.74, 6) is -3.21. The number of carbonyl (C=O) groups excluding carboxylic acids is 2. The van der Waals surface area contributed by atoms with Crippen LogP contribution in [-0.2, 0) is 30.3 Å². The van der Waals surface area contributed by atoms with Gasteiger partial charge in [0, 0.05) is 90.3 Å². The molecule has 8 aromatic rings. The van der Waals surface area contributed by atoms with Gasteiger partial charge in [0.1, 0.15) is 6.73 Å². The Morgan fingerprint density at radius 1 is 0.592 bits per heavy atom. The van der Waals surface area contributed by atoms with Crippen molar-refractivity contribution in [3.8, 4) is 0 Å². The van der Waals surface area contributed by atoms with Gasteiger partial charge in [0.15, 0.2) is 0 Å². The molecule has 2 heterocycles. The van der Waals surface area contributed by atoms with Gasteiger partial charge in [0.05, 0.1) is 39.0 Å². The number of carbonyl (C=O) groups is 4. The van der Waals surface area contributed by atoms with Gasteiger partial charge in [0.2, 0.25) is 0 Å². The number of nitrogens with zero attached hydrogens (tertiary/aromatic N) is 4. The average Bonchev–Trinajstić information content (AvgIpc) is 3.35. The van der Waals surface area contributed by atoms with E-state index in [1.807, 2.05) is 145 Å². The fourth-order valence-electron chi connectivity index (χ4n) is 8.60. The molecule has 0 fully saturated rings. The molecule has 0 spiro atoms. The molecule has 0 saturated heterocycles. The molecule has 15 heteroatoms. The molecule has 0 atom stereocenters. The van der Waals surface area contributed by atoms with Crippen molar-refractivity contribution in [2.24, 2.45) is 0 Å². The van der Waals surface area contributed by atoms with Gasteiger partial charge in [-0.25, -0.2) is 14.8 Å². The van der Waals surface area contributed by atoms with Crippen LogP contribution < -0.4 is 20.4 Å². The predicted molar refractivity (Wildman–Crippen MR) is 284 cm³/mol. The number of rotatable bonds is 23. The summed E-state index contributed by atoms with van der Waals surface area (Å²) < 4.78 is 11.2. The molecule has 71 heavy (non-hydrogen) atoms. The molecule has 2 aromatic heterocycles. The second kappa shape index (κ2) is 24.6. The molecule has 0 unspecified atom stereocenters. The summed E-state index contributed by atoms with van der Waals surface area (Å²) in [6.07, 6.45) is 2.58. The molecule has 0 aliphatic rings. The number of anilines is 6. The molecule has 4 N–H and O–H groups in total. The number of carboxylic acids is 2. The third kappa shape index (κ3) is 13.4. The van der Waals surface area contributed by atoms with Crippen molar-refractivity contribution >= 4 is 131 Å². The average molecular weight is 965 g/mol. The molecule has 6 aromatic carbocycles. The van der Waals surface area contributed by atoms with Crippen LogP contribution in [0.3, 0.4) is 0 Å². The van der Waals surface area contributed by atoms with E-state index in [4.69, 9.17) is 19.4 Å². The molecule has 0 amide bonds. The normalized spacial score (nSPS) is 11.1. The fourth-order valence-corrected chi connectivity index (χ4v) is 8.60. The van der Waals surface area contributed by atoms with E-state index in [9.17, 15) is 29.4 Å². The van der Waals surface area contributed by atoms with Crippen molar-refractivity contribution < 1.29 is 38.9 Å². The Bertz CT molecular complexity index is 3100. The number of hydrogen-bond donors (Lipinski definition) is 4. The standard InChI is InChI=1S/C56H56N6O8.Na.H/c1-3-29-69-36-62(42-33-38(56(67)68)32-40(35-42)58-55-45-18-6-10-22-49(45)60-50-23-11-7-19-46(50)55)28-14-26-53(66)70-52(65)25-13-27-61(2)41-31-37(15-12-24-51(63)64)30-39(34-41)57-54-43-16-4-8-20-47(43)59-48-21-9-5-17-44(48)54;;/h4-11,16-23,30-35H,3,12-15,24-29,36H2,1-2H3,(H,57,59)(H,58,60)(H,63,64)(H,67,68);;. The zero-order chi connectivity index (χ0) is 49.0. The Labute approximate surface area is 434 Å². The Kier molecular flexibility index (Phi) is 18.0. The molecule has 0 saturated carbocycles. The summed E-state index contributed by atoms with van der Waals surface area (Å²) in [6.45, 7) is 3.44. The van der Waals surface area contributed by atoms with Crippen molar-refractivity contribution in [1.82, 2.24) is 9.97 Å². The molecule has 8 rings (SSSR count). The molecular weight excluding hydrogens is 908 g/mol. The molecule has 14 nitrogen and oxygen atoms in total. The van der Waals surface area contributed by atoms with Gasteiger partial charge >= 0.3 is 53.4 Å². The summed E-state index contributed by atoms with van der Waals surface area (Å²) in [6, 6.07) is 42.6. The number of aryl methyl sites for hydroxylation is 1. The van der Waals surface area contributed by atoms with Gasteiger partial charge in [-0.2, -0.15) is 0 Å². The number of pyridine rings is 2. The van der Waals surface area contributed by atoms with E-state index >= 15 is 0 Å². The number of aromatic carboxylic acids is 1.